The number of imide groups is 1. The molecule has 2 aromatic rings. The minimum atomic E-state index is -0.621. The van der Waals surface area contributed by atoms with Gasteiger partial charge in [-0.15, -0.1) is 0 Å². The maximum atomic E-state index is 13.9. The second-order valence-corrected chi connectivity index (χ2v) is 7.25. The topological polar surface area (TPSA) is 67.9 Å². The molecule has 1 heterocycles. The third kappa shape index (κ3) is 4.57. The highest BCUT2D eigenvalue weighted by Gasteiger charge is 2.34. The van der Waals surface area contributed by atoms with Crippen LogP contribution in [0.4, 0.5) is 9.18 Å². The monoisotopic (exact) mass is 432 g/mol. The number of nitrogens with one attached hydrogen (secondary N) is 1. The molecule has 1 saturated heterocycles. The fourth-order valence-electron chi connectivity index (χ4n) is 2.90. The average Bonchev–Trinajstić information content (AvgIpc) is 2.98. The van der Waals surface area contributed by atoms with Crippen molar-refractivity contribution in [1.29, 1.82) is 0 Å². The van der Waals surface area contributed by atoms with Gasteiger partial charge in [-0.25, -0.2) is 9.18 Å². The highest BCUT2D eigenvalue weighted by molar-refractivity contribution is 6.32. The molecule has 1 N–H and O–H groups in total. The largest absolute Gasteiger partial charge is 0.493 e. The zero-order valence-electron chi connectivity index (χ0n) is 16.9. The lowest BCUT2D eigenvalue weighted by Gasteiger charge is -2.17. The van der Waals surface area contributed by atoms with E-state index in [1.165, 1.54) is 25.3 Å². The zero-order chi connectivity index (χ0) is 21.8. The third-order valence-corrected chi connectivity index (χ3v) is 4.99. The lowest BCUT2D eigenvalue weighted by Crippen LogP contribution is -2.30. The van der Waals surface area contributed by atoms with Gasteiger partial charge in [0, 0.05) is 5.56 Å². The molecule has 6 nitrogen and oxygen atoms in total. The van der Waals surface area contributed by atoms with E-state index >= 15 is 0 Å². The summed E-state index contributed by atoms with van der Waals surface area (Å²) in [5.41, 5.74) is 0.855. The average molecular weight is 433 g/mol. The van der Waals surface area contributed by atoms with Gasteiger partial charge in [-0.1, -0.05) is 36.7 Å². The summed E-state index contributed by atoms with van der Waals surface area (Å²) in [4.78, 5) is 25.9. The summed E-state index contributed by atoms with van der Waals surface area (Å²) in [5.74, 6) is -0.213. The number of methoxy groups -OCH3 is 1. The van der Waals surface area contributed by atoms with Crippen molar-refractivity contribution >= 4 is 29.6 Å². The predicted molar refractivity (Wildman–Crippen MR) is 112 cm³/mol. The Balaban J connectivity index is 1.86. The zero-order valence-corrected chi connectivity index (χ0v) is 17.6. The van der Waals surface area contributed by atoms with Crippen LogP contribution in [0.2, 0.25) is 5.02 Å². The molecule has 0 spiro atoms. The van der Waals surface area contributed by atoms with E-state index in [0.717, 1.165) is 11.3 Å². The molecule has 3 rings (SSSR count). The summed E-state index contributed by atoms with van der Waals surface area (Å²) in [6.07, 6.45) is 2.23. The number of amides is 3. The Bertz CT molecular complexity index is 1010. The van der Waals surface area contributed by atoms with E-state index < -0.39 is 17.8 Å². The molecule has 3 amide bonds. The van der Waals surface area contributed by atoms with Gasteiger partial charge in [-0.3, -0.25) is 9.69 Å². The number of urea groups is 1. The van der Waals surface area contributed by atoms with Crippen molar-refractivity contribution in [3.63, 3.8) is 0 Å². The summed E-state index contributed by atoms with van der Waals surface area (Å²) >= 11 is 6.36. The second kappa shape index (κ2) is 9.17. The van der Waals surface area contributed by atoms with Crippen LogP contribution in [0.1, 0.15) is 31.4 Å². The van der Waals surface area contributed by atoms with Crippen molar-refractivity contribution < 1.29 is 23.5 Å². The Morgan fingerprint density at radius 1 is 1.27 bits per heavy atom. The van der Waals surface area contributed by atoms with E-state index in [2.05, 4.69) is 5.32 Å². The summed E-state index contributed by atoms with van der Waals surface area (Å²) < 4.78 is 25.1. The molecule has 0 saturated carbocycles. The molecular formula is C22H22ClFN2O4. The summed E-state index contributed by atoms with van der Waals surface area (Å²) in [5, 5.41) is 2.84. The first-order chi connectivity index (χ1) is 14.3. The first-order valence-electron chi connectivity index (χ1n) is 9.46. The number of hydrogen-bond acceptors (Lipinski definition) is 4. The Morgan fingerprint density at radius 3 is 2.67 bits per heavy atom. The Morgan fingerprint density at radius 2 is 2.00 bits per heavy atom. The van der Waals surface area contributed by atoms with Crippen LogP contribution in [0.25, 0.3) is 6.08 Å². The number of carbonyl (C=O) groups excluding carboxylic acids is 2. The number of carbonyl (C=O) groups is 2. The van der Waals surface area contributed by atoms with E-state index in [9.17, 15) is 14.0 Å². The third-order valence-electron chi connectivity index (χ3n) is 4.71. The van der Waals surface area contributed by atoms with Crippen molar-refractivity contribution in [3.05, 3.63) is 64.1 Å². The fraction of sp³-hybridized carbons (Fsp3) is 0.273. The molecule has 0 unspecified atom stereocenters. The van der Waals surface area contributed by atoms with Crippen molar-refractivity contribution in [3.8, 4) is 11.5 Å². The van der Waals surface area contributed by atoms with E-state index in [-0.39, 0.29) is 23.9 Å². The molecule has 1 atom stereocenters. The Labute approximate surface area is 179 Å². The van der Waals surface area contributed by atoms with Crippen LogP contribution in [0.3, 0.4) is 0 Å². The SMILES string of the molecule is CC[C@@H](C)Oc1c(Cl)cc(/C=C2/NC(=O)N(Cc3ccccc3F)C2=O)cc1OC. The van der Waals surface area contributed by atoms with E-state index in [0.29, 0.717) is 22.1 Å². The second-order valence-electron chi connectivity index (χ2n) is 6.84. The molecule has 1 aliphatic heterocycles. The van der Waals surface area contributed by atoms with Gasteiger partial charge in [0.05, 0.1) is 24.8 Å². The molecule has 8 heteroatoms. The van der Waals surface area contributed by atoms with Crippen molar-refractivity contribution in [2.24, 2.45) is 0 Å². The molecule has 0 aromatic heterocycles. The molecular weight excluding hydrogens is 411 g/mol. The maximum absolute atomic E-state index is 13.9. The van der Waals surface area contributed by atoms with Gasteiger partial charge in [0.15, 0.2) is 11.5 Å². The van der Waals surface area contributed by atoms with Crippen LogP contribution in [-0.4, -0.2) is 30.1 Å². The van der Waals surface area contributed by atoms with Crippen LogP contribution in [0.5, 0.6) is 11.5 Å². The number of benzene rings is 2. The van der Waals surface area contributed by atoms with Gasteiger partial charge in [0.2, 0.25) is 0 Å². The molecule has 0 bridgehead atoms. The Hall–Kier alpha value is -3.06. The van der Waals surface area contributed by atoms with Crippen LogP contribution in [0, 0.1) is 5.82 Å². The predicted octanol–water partition coefficient (Wildman–Crippen LogP) is 4.76. The lowest BCUT2D eigenvalue weighted by molar-refractivity contribution is -0.123. The molecule has 2 aromatic carbocycles. The van der Waals surface area contributed by atoms with E-state index in [1.807, 2.05) is 13.8 Å². The van der Waals surface area contributed by atoms with Gasteiger partial charge >= 0.3 is 6.03 Å². The van der Waals surface area contributed by atoms with Gasteiger partial charge in [0.25, 0.3) is 5.91 Å². The molecule has 158 valence electrons. The standard InChI is InChI=1S/C22H22ClFN2O4/c1-4-13(2)30-20-16(23)9-14(11-19(20)29-3)10-18-21(27)26(22(28)25-18)12-15-7-5-6-8-17(15)24/h5-11,13H,4,12H2,1-3H3,(H,25,28)/b18-10+/t13-/m1/s1. The lowest BCUT2D eigenvalue weighted by atomic mass is 10.1. The number of hydrogen-bond donors (Lipinski definition) is 1. The van der Waals surface area contributed by atoms with Crippen LogP contribution in [0.15, 0.2) is 42.1 Å². The van der Waals surface area contributed by atoms with E-state index in [1.54, 1.807) is 24.3 Å². The van der Waals surface area contributed by atoms with Gasteiger partial charge < -0.3 is 14.8 Å². The highest BCUT2D eigenvalue weighted by atomic mass is 35.5. The first kappa shape index (κ1) is 21.6. The quantitative estimate of drug-likeness (QED) is 0.506. The Kier molecular flexibility index (Phi) is 6.62. The minimum Gasteiger partial charge on any atom is -0.493 e. The van der Waals surface area contributed by atoms with Crippen molar-refractivity contribution in [2.45, 2.75) is 32.9 Å². The van der Waals surface area contributed by atoms with E-state index in [4.69, 9.17) is 21.1 Å². The molecule has 1 aliphatic rings. The van der Waals surface area contributed by atoms with Crippen LogP contribution in [-0.2, 0) is 11.3 Å². The van der Waals surface area contributed by atoms with Gasteiger partial charge in [-0.2, -0.15) is 0 Å². The molecule has 1 fully saturated rings. The smallest absolute Gasteiger partial charge is 0.329 e. The fourth-order valence-corrected chi connectivity index (χ4v) is 3.16. The molecule has 0 aliphatic carbocycles. The molecule has 0 radical (unpaired) electrons. The van der Waals surface area contributed by atoms with Crippen LogP contribution < -0.4 is 14.8 Å². The summed E-state index contributed by atoms with van der Waals surface area (Å²) in [7, 11) is 1.49. The number of rotatable bonds is 7. The minimum absolute atomic E-state index is 0.0526. The summed E-state index contributed by atoms with van der Waals surface area (Å²) in [6.45, 7) is 3.74. The number of halogens is 2. The van der Waals surface area contributed by atoms with Crippen LogP contribution >= 0.6 is 11.6 Å². The van der Waals surface area contributed by atoms with Crippen molar-refractivity contribution in [1.82, 2.24) is 10.2 Å². The maximum Gasteiger partial charge on any atom is 0.329 e. The van der Waals surface area contributed by atoms with Crippen molar-refractivity contribution in [2.75, 3.05) is 7.11 Å². The van der Waals surface area contributed by atoms with Gasteiger partial charge in [0.1, 0.15) is 11.5 Å². The van der Waals surface area contributed by atoms with Gasteiger partial charge in [-0.05, 0) is 43.2 Å². The first-order valence-corrected chi connectivity index (χ1v) is 9.84. The highest BCUT2D eigenvalue weighted by Crippen LogP contribution is 2.38. The molecule has 30 heavy (non-hydrogen) atoms. The normalized spacial score (nSPS) is 16.0. The summed E-state index contributed by atoms with van der Waals surface area (Å²) in [6, 6.07) is 8.65. The number of ether oxygens (including phenoxy) is 2. The number of nitrogens with zero attached hydrogens (tertiary/aromatic N) is 1.